The molecule has 190 valence electrons. The summed E-state index contributed by atoms with van der Waals surface area (Å²) < 4.78 is 1.24. The lowest BCUT2D eigenvalue weighted by Crippen LogP contribution is -2.35. The molecule has 0 fully saturated rings. The van der Waals surface area contributed by atoms with Crippen molar-refractivity contribution in [3.05, 3.63) is 76.6 Å². The Bertz CT molecular complexity index is 1190. The number of benzene rings is 2. The van der Waals surface area contributed by atoms with Crippen molar-refractivity contribution in [2.45, 2.75) is 57.8 Å². The quantitative estimate of drug-likeness (QED) is 0.294. The summed E-state index contributed by atoms with van der Waals surface area (Å²) >= 11 is 0. The Balaban J connectivity index is 1.64. The average Bonchev–Trinajstić information content (AvgIpc) is 2.89. The Kier molecular flexibility index (Phi) is 10.4. The molecule has 1 aromatic heterocycles. The summed E-state index contributed by atoms with van der Waals surface area (Å²) in [5, 5.41) is 16.1. The van der Waals surface area contributed by atoms with Crippen molar-refractivity contribution >= 4 is 11.9 Å². The zero-order chi connectivity index (χ0) is 25.8. The minimum Gasteiger partial charge on any atom is -0.481 e. The van der Waals surface area contributed by atoms with Gasteiger partial charge in [0.05, 0.1) is 5.69 Å². The lowest BCUT2D eigenvalue weighted by Gasteiger charge is -2.16. The van der Waals surface area contributed by atoms with E-state index in [1.165, 1.54) is 4.68 Å². The van der Waals surface area contributed by atoms with Crippen molar-refractivity contribution < 1.29 is 14.7 Å². The summed E-state index contributed by atoms with van der Waals surface area (Å²) in [6.07, 6.45) is 8.10. The van der Waals surface area contributed by atoms with Crippen LogP contribution in [0.15, 0.2) is 65.5 Å². The van der Waals surface area contributed by atoms with Gasteiger partial charge >= 0.3 is 5.97 Å². The highest BCUT2D eigenvalue weighted by atomic mass is 16.4. The summed E-state index contributed by atoms with van der Waals surface area (Å²) in [4.78, 5) is 36.9. The van der Waals surface area contributed by atoms with Crippen molar-refractivity contribution in [2.75, 3.05) is 6.54 Å². The van der Waals surface area contributed by atoms with Crippen molar-refractivity contribution in [3.8, 4) is 22.4 Å². The van der Waals surface area contributed by atoms with Gasteiger partial charge in [-0.15, -0.1) is 0 Å². The maximum Gasteiger partial charge on any atom is 0.303 e. The van der Waals surface area contributed by atoms with Crippen LogP contribution >= 0.6 is 0 Å². The molecule has 1 heterocycles. The molecule has 7 heteroatoms. The molecule has 7 nitrogen and oxygen atoms in total. The van der Waals surface area contributed by atoms with Gasteiger partial charge in [0, 0.05) is 31.1 Å². The maximum atomic E-state index is 13.3. The monoisotopic (exact) mass is 489 g/mol. The van der Waals surface area contributed by atoms with Crippen LogP contribution in [-0.2, 0) is 11.8 Å². The van der Waals surface area contributed by atoms with Gasteiger partial charge in [0.1, 0.15) is 5.56 Å². The van der Waals surface area contributed by atoms with Crippen molar-refractivity contribution in [1.82, 2.24) is 15.1 Å². The molecule has 0 aliphatic carbocycles. The molecule has 3 aromatic rings. The summed E-state index contributed by atoms with van der Waals surface area (Å²) in [5.41, 5.74) is 2.44. The number of unbranched alkanes of at least 4 members (excludes halogenated alkanes) is 7. The number of amides is 1. The number of hydrogen-bond acceptors (Lipinski definition) is 4. The van der Waals surface area contributed by atoms with E-state index in [2.05, 4.69) is 10.4 Å². The third-order valence-electron chi connectivity index (χ3n) is 6.18. The summed E-state index contributed by atoms with van der Waals surface area (Å²) in [6, 6.07) is 19.0. The summed E-state index contributed by atoms with van der Waals surface area (Å²) in [6.45, 7) is 0.498. The second-order valence-electron chi connectivity index (χ2n) is 8.99. The zero-order valence-electron chi connectivity index (χ0n) is 20.9. The maximum absolute atomic E-state index is 13.3. The van der Waals surface area contributed by atoms with Gasteiger partial charge in [0.25, 0.3) is 11.5 Å². The molecule has 3 rings (SSSR count). The molecular weight excluding hydrogens is 454 g/mol. The standard InChI is InChI=1S/C29H35N3O4/c1-32-29(36)26(28(35)30-21-15-7-5-3-2-4-6-14-20-24(33)34)25(22-16-10-8-11-17-22)27(31-32)23-18-12-9-13-19-23/h8-13,16-19H,2-7,14-15,20-21H2,1H3,(H,30,35)(H,33,34). The van der Waals surface area contributed by atoms with Crippen molar-refractivity contribution in [3.63, 3.8) is 0 Å². The Morgan fingerprint density at radius 1 is 0.806 bits per heavy atom. The first-order valence-corrected chi connectivity index (χ1v) is 12.7. The van der Waals surface area contributed by atoms with E-state index in [0.29, 0.717) is 17.8 Å². The molecule has 0 spiro atoms. The van der Waals surface area contributed by atoms with E-state index < -0.39 is 11.5 Å². The molecule has 36 heavy (non-hydrogen) atoms. The number of aryl methyl sites for hydroxylation is 1. The molecule has 0 saturated carbocycles. The van der Waals surface area contributed by atoms with E-state index in [1.54, 1.807) is 7.05 Å². The predicted octanol–water partition coefficient (Wildman–Crippen LogP) is 5.44. The van der Waals surface area contributed by atoms with Crippen LogP contribution in [0.3, 0.4) is 0 Å². The van der Waals surface area contributed by atoms with Gasteiger partial charge in [-0.1, -0.05) is 99.2 Å². The van der Waals surface area contributed by atoms with Crippen LogP contribution in [0.25, 0.3) is 22.4 Å². The number of carbonyl (C=O) groups is 2. The van der Waals surface area contributed by atoms with Gasteiger partial charge in [-0.2, -0.15) is 5.10 Å². The topological polar surface area (TPSA) is 101 Å². The van der Waals surface area contributed by atoms with Crippen LogP contribution in [0.1, 0.15) is 68.1 Å². The molecule has 0 atom stereocenters. The number of hydrogen-bond donors (Lipinski definition) is 2. The van der Waals surface area contributed by atoms with Gasteiger partial charge < -0.3 is 10.4 Å². The lowest BCUT2D eigenvalue weighted by molar-refractivity contribution is -0.137. The van der Waals surface area contributed by atoms with Crippen LogP contribution in [0.2, 0.25) is 0 Å². The number of aromatic nitrogens is 2. The third-order valence-corrected chi connectivity index (χ3v) is 6.18. The fourth-order valence-electron chi connectivity index (χ4n) is 4.28. The highest BCUT2D eigenvalue weighted by Crippen LogP contribution is 2.31. The van der Waals surface area contributed by atoms with Gasteiger partial charge in [0.2, 0.25) is 0 Å². The molecule has 0 bridgehead atoms. The minimum absolute atomic E-state index is 0.110. The third kappa shape index (κ3) is 7.63. The number of carboxylic acids is 1. The number of carbonyl (C=O) groups excluding carboxylic acids is 1. The first-order chi connectivity index (χ1) is 17.5. The molecular formula is C29H35N3O4. The van der Waals surface area contributed by atoms with Gasteiger partial charge in [0.15, 0.2) is 0 Å². The second-order valence-corrected chi connectivity index (χ2v) is 8.99. The highest BCUT2D eigenvalue weighted by molar-refractivity contribution is 6.03. The van der Waals surface area contributed by atoms with Gasteiger partial charge in [-0.05, 0) is 18.4 Å². The Hall–Kier alpha value is -3.74. The molecule has 2 N–H and O–H groups in total. The summed E-state index contributed by atoms with van der Waals surface area (Å²) in [5.74, 6) is -1.11. The normalized spacial score (nSPS) is 10.8. The predicted molar refractivity (Wildman–Crippen MR) is 142 cm³/mol. The number of aliphatic carboxylic acids is 1. The molecule has 1 amide bonds. The molecule has 2 aromatic carbocycles. The molecule has 0 radical (unpaired) electrons. The average molecular weight is 490 g/mol. The van der Waals surface area contributed by atoms with Gasteiger partial charge in [-0.25, -0.2) is 4.68 Å². The van der Waals surface area contributed by atoms with Crippen LogP contribution in [-0.4, -0.2) is 33.3 Å². The van der Waals surface area contributed by atoms with Crippen LogP contribution in [0.4, 0.5) is 0 Å². The fraction of sp³-hybridized carbons (Fsp3) is 0.379. The van der Waals surface area contributed by atoms with Crippen molar-refractivity contribution in [1.29, 1.82) is 0 Å². The fourth-order valence-corrected chi connectivity index (χ4v) is 4.28. The van der Waals surface area contributed by atoms with E-state index in [9.17, 15) is 14.4 Å². The second kappa shape index (κ2) is 14.0. The van der Waals surface area contributed by atoms with Crippen molar-refractivity contribution in [2.24, 2.45) is 7.05 Å². The number of carboxylic acid groups (broad SMARTS) is 1. The molecule has 0 unspecified atom stereocenters. The van der Waals surface area contributed by atoms with Gasteiger partial charge in [-0.3, -0.25) is 14.4 Å². The lowest BCUT2D eigenvalue weighted by atomic mass is 9.95. The molecule has 0 aliphatic rings. The Morgan fingerprint density at radius 3 is 1.92 bits per heavy atom. The first kappa shape index (κ1) is 26.9. The van der Waals surface area contributed by atoms with Crippen LogP contribution in [0.5, 0.6) is 0 Å². The number of nitrogens with one attached hydrogen (secondary N) is 1. The van der Waals surface area contributed by atoms with E-state index >= 15 is 0 Å². The zero-order valence-corrected chi connectivity index (χ0v) is 20.9. The van der Waals surface area contributed by atoms with Crippen LogP contribution < -0.4 is 10.9 Å². The smallest absolute Gasteiger partial charge is 0.303 e. The minimum atomic E-state index is -0.728. The number of rotatable bonds is 14. The Morgan fingerprint density at radius 2 is 1.33 bits per heavy atom. The van der Waals surface area contributed by atoms with E-state index in [1.807, 2.05) is 60.7 Å². The SMILES string of the molecule is Cn1nc(-c2ccccc2)c(-c2ccccc2)c(C(=O)NCCCCCCCCCCC(=O)O)c1=O. The van der Waals surface area contributed by atoms with E-state index in [0.717, 1.165) is 62.5 Å². The first-order valence-electron chi connectivity index (χ1n) is 12.7. The van der Waals surface area contributed by atoms with Crippen LogP contribution in [0, 0.1) is 0 Å². The molecule has 0 aliphatic heterocycles. The molecule has 0 saturated heterocycles. The van der Waals surface area contributed by atoms with E-state index in [4.69, 9.17) is 5.11 Å². The van der Waals surface area contributed by atoms with E-state index in [-0.39, 0.29) is 17.9 Å². The summed E-state index contributed by atoms with van der Waals surface area (Å²) in [7, 11) is 1.57. The Labute approximate surface area is 212 Å². The number of nitrogens with zero attached hydrogens (tertiary/aromatic N) is 2. The highest BCUT2D eigenvalue weighted by Gasteiger charge is 2.24. The largest absolute Gasteiger partial charge is 0.481 e.